The van der Waals surface area contributed by atoms with Gasteiger partial charge >= 0.3 is 0 Å². The smallest absolute Gasteiger partial charge is 0.146 e. The molecule has 2 aliphatic rings. The molecule has 2 aliphatic heterocycles. The maximum Gasteiger partial charge on any atom is 0.146 e. The van der Waals surface area contributed by atoms with Crippen molar-refractivity contribution in [2.45, 2.75) is 64.1 Å². The number of hydrogen-bond acceptors (Lipinski definition) is 2. The molecule has 0 amide bonds. The van der Waals surface area contributed by atoms with Crippen LogP contribution in [0.15, 0.2) is 18.2 Å². The molecule has 0 aliphatic carbocycles. The summed E-state index contributed by atoms with van der Waals surface area (Å²) >= 11 is 0. The topological polar surface area (TPSA) is 15.3 Å². The number of rotatable bonds is 4. The summed E-state index contributed by atoms with van der Waals surface area (Å²) in [6.45, 7) is 5.33. The first kappa shape index (κ1) is 13.9. The SMILES string of the molecule is CCCNC1CC2CCC(C1)N2c1c(C)cccc1F. The van der Waals surface area contributed by atoms with Gasteiger partial charge in [-0.05, 0) is 57.2 Å². The van der Waals surface area contributed by atoms with Gasteiger partial charge in [-0.25, -0.2) is 4.39 Å². The third-order valence-corrected chi connectivity index (χ3v) is 4.86. The summed E-state index contributed by atoms with van der Waals surface area (Å²) in [5, 5.41) is 3.65. The molecule has 0 radical (unpaired) electrons. The summed E-state index contributed by atoms with van der Waals surface area (Å²) in [5.74, 6) is -0.0538. The lowest BCUT2D eigenvalue weighted by Gasteiger charge is -2.41. The molecule has 2 saturated heterocycles. The van der Waals surface area contributed by atoms with E-state index < -0.39 is 0 Å². The van der Waals surface area contributed by atoms with Crippen molar-refractivity contribution in [3.8, 4) is 0 Å². The quantitative estimate of drug-likeness (QED) is 0.903. The first-order chi connectivity index (χ1) is 9.70. The third-order valence-electron chi connectivity index (χ3n) is 4.86. The van der Waals surface area contributed by atoms with E-state index in [1.54, 1.807) is 6.07 Å². The predicted molar refractivity (Wildman–Crippen MR) is 81.7 cm³/mol. The van der Waals surface area contributed by atoms with Gasteiger partial charge in [0.1, 0.15) is 5.82 Å². The van der Waals surface area contributed by atoms with Crippen LogP contribution in [0.4, 0.5) is 10.1 Å². The number of aryl methyl sites for hydroxylation is 1. The number of para-hydroxylation sites is 1. The number of benzene rings is 1. The van der Waals surface area contributed by atoms with E-state index in [1.807, 2.05) is 19.1 Å². The van der Waals surface area contributed by atoms with Gasteiger partial charge in [-0.2, -0.15) is 0 Å². The number of nitrogens with zero attached hydrogens (tertiary/aromatic N) is 1. The minimum absolute atomic E-state index is 0.0538. The second-order valence-electron chi connectivity index (χ2n) is 6.32. The van der Waals surface area contributed by atoms with Gasteiger partial charge < -0.3 is 10.2 Å². The van der Waals surface area contributed by atoms with Gasteiger partial charge in [0.25, 0.3) is 0 Å². The van der Waals surface area contributed by atoms with Crippen molar-refractivity contribution >= 4 is 5.69 Å². The summed E-state index contributed by atoms with van der Waals surface area (Å²) in [4.78, 5) is 2.38. The summed E-state index contributed by atoms with van der Waals surface area (Å²) in [5.41, 5.74) is 1.93. The summed E-state index contributed by atoms with van der Waals surface area (Å²) in [6.07, 6.45) is 5.92. The van der Waals surface area contributed by atoms with Crippen molar-refractivity contribution in [2.24, 2.45) is 0 Å². The van der Waals surface area contributed by atoms with E-state index in [4.69, 9.17) is 0 Å². The highest BCUT2D eigenvalue weighted by Crippen LogP contribution is 2.41. The number of piperidine rings is 1. The number of fused-ring (bicyclic) bond motifs is 2. The van der Waals surface area contributed by atoms with Crippen molar-refractivity contribution in [1.82, 2.24) is 5.32 Å². The van der Waals surface area contributed by atoms with Crippen molar-refractivity contribution < 1.29 is 4.39 Å². The molecule has 2 heterocycles. The molecular weight excluding hydrogens is 251 g/mol. The van der Waals surface area contributed by atoms with Crippen LogP contribution in [0.2, 0.25) is 0 Å². The van der Waals surface area contributed by atoms with Crippen LogP contribution < -0.4 is 10.2 Å². The first-order valence-electron chi connectivity index (χ1n) is 7.97. The van der Waals surface area contributed by atoms with Crippen LogP contribution >= 0.6 is 0 Å². The molecule has 0 saturated carbocycles. The highest BCUT2D eigenvalue weighted by atomic mass is 19.1. The molecule has 1 N–H and O–H groups in total. The average molecular weight is 276 g/mol. The lowest BCUT2D eigenvalue weighted by molar-refractivity contribution is 0.354. The molecule has 0 aromatic heterocycles. The Hall–Kier alpha value is -1.09. The third kappa shape index (κ3) is 2.44. The van der Waals surface area contributed by atoms with E-state index in [0.717, 1.165) is 30.6 Å². The van der Waals surface area contributed by atoms with E-state index in [9.17, 15) is 4.39 Å². The Labute approximate surface area is 121 Å². The summed E-state index contributed by atoms with van der Waals surface area (Å²) < 4.78 is 14.3. The molecule has 2 bridgehead atoms. The summed E-state index contributed by atoms with van der Waals surface area (Å²) in [6, 6.07) is 7.09. The molecule has 0 spiro atoms. The van der Waals surface area contributed by atoms with Crippen molar-refractivity contribution in [3.63, 3.8) is 0 Å². The number of anilines is 1. The number of hydrogen-bond donors (Lipinski definition) is 1. The number of nitrogens with one attached hydrogen (secondary N) is 1. The zero-order valence-electron chi connectivity index (χ0n) is 12.5. The van der Waals surface area contributed by atoms with Gasteiger partial charge in [-0.3, -0.25) is 0 Å². The Morgan fingerprint density at radius 3 is 2.55 bits per heavy atom. The molecule has 110 valence electrons. The van der Waals surface area contributed by atoms with Crippen LogP contribution in [0.3, 0.4) is 0 Å². The van der Waals surface area contributed by atoms with Crippen LogP contribution in [0.5, 0.6) is 0 Å². The van der Waals surface area contributed by atoms with Crippen molar-refractivity contribution in [3.05, 3.63) is 29.6 Å². The van der Waals surface area contributed by atoms with E-state index in [1.165, 1.54) is 19.3 Å². The Kier molecular flexibility index (Phi) is 3.97. The maximum atomic E-state index is 14.3. The predicted octanol–water partition coefficient (Wildman–Crippen LogP) is 3.63. The molecule has 2 fully saturated rings. The van der Waals surface area contributed by atoms with Gasteiger partial charge in [-0.1, -0.05) is 19.1 Å². The molecule has 3 heteroatoms. The zero-order chi connectivity index (χ0) is 14.1. The lowest BCUT2D eigenvalue weighted by Crippen LogP contribution is -2.49. The van der Waals surface area contributed by atoms with Gasteiger partial charge in [0.15, 0.2) is 0 Å². The molecule has 2 nitrogen and oxygen atoms in total. The Bertz CT molecular complexity index is 440. The van der Waals surface area contributed by atoms with Gasteiger partial charge in [-0.15, -0.1) is 0 Å². The molecular formula is C17H25FN2. The van der Waals surface area contributed by atoms with Crippen LogP contribution in [-0.4, -0.2) is 24.7 Å². The Balaban J connectivity index is 1.80. The summed E-state index contributed by atoms with van der Waals surface area (Å²) in [7, 11) is 0. The van der Waals surface area contributed by atoms with E-state index in [-0.39, 0.29) is 5.82 Å². The Morgan fingerprint density at radius 1 is 1.25 bits per heavy atom. The molecule has 2 unspecified atom stereocenters. The minimum Gasteiger partial charge on any atom is -0.363 e. The van der Waals surface area contributed by atoms with Crippen LogP contribution in [0.25, 0.3) is 0 Å². The highest BCUT2D eigenvalue weighted by Gasteiger charge is 2.41. The van der Waals surface area contributed by atoms with Crippen LogP contribution in [0, 0.1) is 12.7 Å². The molecule has 20 heavy (non-hydrogen) atoms. The molecule has 1 aromatic carbocycles. The van der Waals surface area contributed by atoms with E-state index in [2.05, 4.69) is 17.1 Å². The zero-order valence-corrected chi connectivity index (χ0v) is 12.5. The van der Waals surface area contributed by atoms with Gasteiger partial charge in [0.2, 0.25) is 0 Å². The number of halogens is 1. The van der Waals surface area contributed by atoms with Gasteiger partial charge in [0, 0.05) is 18.1 Å². The molecule has 1 aromatic rings. The van der Waals surface area contributed by atoms with Crippen LogP contribution in [-0.2, 0) is 0 Å². The monoisotopic (exact) mass is 276 g/mol. The molecule has 3 rings (SSSR count). The van der Waals surface area contributed by atoms with Crippen molar-refractivity contribution in [1.29, 1.82) is 0 Å². The first-order valence-corrected chi connectivity index (χ1v) is 7.97. The second kappa shape index (κ2) is 5.72. The second-order valence-corrected chi connectivity index (χ2v) is 6.32. The Morgan fingerprint density at radius 2 is 1.95 bits per heavy atom. The van der Waals surface area contributed by atoms with Gasteiger partial charge in [0.05, 0.1) is 5.69 Å². The van der Waals surface area contributed by atoms with E-state index in [0.29, 0.717) is 18.1 Å². The lowest BCUT2D eigenvalue weighted by atomic mass is 9.95. The maximum absolute atomic E-state index is 14.3. The highest BCUT2D eigenvalue weighted by molar-refractivity contribution is 5.57. The largest absolute Gasteiger partial charge is 0.363 e. The molecule has 2 atom stereocenters. The fourth-order valence-electron chi connectivity index (χ4n) is 4.01. The minimum atomic E-state index is -0.0538. The van der Waals surface area contributed by atoms with Crippen LogP contribution in [0.1, 0.15) is 44.6 Å². The van der Waals surface area contributed by atoms with E-state index >= 15 is 0 Å². The average Bonchev–Trinajstić information content (AvgIpc) is 2.68. The normalized spacial score (nSPS) is 28.9. The standard InChI is InChI=1S/C17H25FN2/c1-3-9-19-13-10-14-7-8-15(11-13)20(14)17-12(2)5-4-6-16(17)18/h4-6,13-15,19H,3,7-11H2,1-2H3. The fraction of sp³-hybridized carbons (Fsp3) is 0.647. The van der Waals surface area contributed by atoms with Crippen molar-refractivity contribution in [2.75, 3.05) is 11.4 Å². The fourth-order valence-corrected chi connectivity index (χ4v) is 4.01.